The quantitative estimate of drug-likeness (QED) is 0.724. The summed E-state index contributed by atoms with van der Waals surface area (Å²) in [6.45, 7) is 0. The topological polar surface area (TPSA) is 67.6 Å². The van der Waals surface area contributed by atoms with E-state index in [2.05, 4.69) is 15.2 Å². The third kappa shape index (κ3) is 3.33. The number of hydrogen-bond acceptors (Lipinski definition) is 3. The molecule has 0 bridgehead atoms. The highest BCUT2D eigenvalue weighted by Crippen LogP contribution is 2.35. The molecule has 118 valence electrons. The minimum atomic E-state index is -4.45. The highest BCUT2D eigenvalue weighted by molar-refractivity contribution is 5.60. The molecule has 0 spiro atoms. The third-order valence-electron chi connectivity index (χ3n) is 3.36. The minimum Gasteiger partial charge on any atom is -0.399 e. The lowest BCUT2D eigenvalue weighted by atomic mass is 10.1. The van der Waals surface area contributed by atoms with Crippen LogP contribution in [0.25, 0.3) is 11.4 Å². The highest BCUT2D eigenvalue weighted by atomic mass is 19.4. The largest absolute Gasteiger partial charge is 0.417 e. The van der Waals surface area contributed by atoms with E-state index in [0.29, 0.717) is 17.9 Å². The number of alkyl halides is 3. The zero-order valence-electron chi connectivity index (χ0n) is 11.9. The summed E-state index contributed by atoms with van der Waals surface area (Å²) >= 11 is 0. The van der Waals surface area contributed by atoms with Crippen LogP contribution in [0.2, 0.25) is 0 Å². The predicted octanol–water partition coefficient (Wildman–Crippen LogP) is 3.66. The summed E-state index contributed by atoms with van der Waals surface area (Å²) in [5.41, 5.74) is 6.40. The number of rotatable bonds is 3. The van der Waals surface area contributed by atoms with Crippen LogP contribution in [0.15, 0.2) is 48.5 Å². The van der Waals surface area contributed by atoms with Crippen LogP contribution in [0.4, 0.5) is 18.9 Å². The molecule has 0 aliphatic carbocycles. The van der Waals surface area contributed by atoms with Crippen molar-refractivity contribution < 1.29 is 13.2 Å². The van der Waals surface area contributed by atoms with E-state index in [0.717, 1.165) is 11.6 Å². The van der Waals surface area contributed by atoms with E-state index >= 15 is 0 Å². The first-order valence-corrected chi connectivity index (χ1v) is 6.86. The maximum atomic E-state index is 13.0. The molecular formula is C16H13F3N4. The molecule has 3 aromatic rings. The molecule has 0 aliphatic heterocycles. The summed E-state index contributed by atoms with van der Waals surface area (Å²) in [6, 6.07) is 12.4. The lowest BCUT2D eigenvalue weighted by Gasteiger charge is -2.09. The van der Waals surface area contributed by atoms with Gasteiger partial charge in [0, 0.05) is 17.7 Å². The number of H-pyrrole nitrogens is 1. The lowest BCUT2D eigenvalue weighted by molar-refractivity contribution is -0.137. The molecule has 2 aromatic carbocycles. The minimum absolute atomic E-state index is 0.0309. The van der Waals surface area contributed by atoms with Crippen molar-refractivity contribution in [3.05, 3.63) is 65.5 Å². The Balaban J connectivity index is 1.89. The summed E-state index contributed by atoms with van der Waals surface area (Å²) in [5, 5.41) is 6.60. The Labute approximate surface area is 130 Å². The van der Waals surface area contributed by atoms with Crippen molar-refractivity contribution in [3.63, 3.8) is 0 Å². The van der Waals surface area contributed by atoms with Crippen molar-refractivity contribution in [1.82, 2.24) is 15.2 Å². The number of nitrogens with zero attached hydrogens (tertiary/aromatic N) is 2. The van der Waals surface area contributed by atoms with Crippen molar-refractivity contribution in [3.8, 4) is 11.4 Å². The smallest absolute Gasteiger partial charge is 0.399 e. The first-order chi connectivity index (χ1) is 10.9. The van der Waals surface area contributed by atoms with Crippen molar-refractivity contribution in [2.24, 2.45) is 0 Å². The van der Waals surface area contributed by atoms with Crippen LogP contribution < -0.4 is 5.73 Å². The Morgan fingerprint density at radius 1 is 1.00 bits per heavy atom. The number of nitrogens with one attached hydrogen (secondary N) is 1. The zero-order chi connectivity index (χ0) is 16.4. The van der Waals surface area contributed by atoms with Gasteiger partial charge in [0.25, 0.3) is 0 Å². The molecular weight excluding hydrogens is 305 g/mol. The molecule has 0 saturated carbocycles. The summed E-state index contributed by atoms with van der Waals surface area (Å²) in [4.78, 5) is 4.17. The van der Waals surface area contributed by atoms with Gasteiger partial charge in [-0.25, -0.2) is 4.98 Å². The molecule has 0 radical (unpaired) electrons. The van der Waals surface area contributed by atoms with Crippen molar-refractivity contribution in [2.75, 3.05) is 5.73 Å². The fourth-order valence-electron chi connectivity index (χ4n) is 2.25. The standard InChI is InChI=1S/C16H13F3N4/c17-16(18,19)13-4-2-1-3-12(13)15-21-14(22-23-15)9-10-5-7-11(20)8-6-10/h1-8H,9,20H2,(H,21,22,23). The van der Waals surface area contributed by atoms with Gasteiger partial charge in [-0.3, -0.25) is 5.10 Å². The predicted molar refractivity (Wildman–Crippen MR) is 80.5 cm³/mol. The van der Waals surface area contributed by atoms with E-state index in [-0.39, 0.29) is 11.4 Å². The van der Waals surface area contributed by atoms with Crippen LogP contribution in [0.5, 0.6) is 0 Å². The monoisotopic (exact) mass is 318 g/mol. The van der Waals surface area contributed by atoms with Crippen LogP contribution in [-0.2, 0) is 12.6 Å². The van der Waals surface area contributed by atoms with E-state index in [9.17, 15) is 13.2 Å². The van der Waals surface area contributed by atoms with E-state index in [1.807, 2.05) is 12.1 Å². The Hall–Kier alpha value is -2.83. The van der Waals surface area contributed by atoms with Crippen LogP contribution in [0.1, 0.15) is 17.0 Å². The number of benzene rings is 2. The molecule has 1 heterocycles. The van der Waals surface area contributed by atoms with Gasteiger partial charge in [0.15, 0.2) is 5.82 Å². The van der Waals surface area contributed by atoms with Crippen LogP contribution >= 0.6 is 0 Å². The number of aromatic nitrogens is 3. The van der Waals surface area contributed by atoms with Crippen LogP contribution in [-0.4, -0.2) is 15.2 Å². The average Bonchev–Trinajstić information content (AvgIpc) is 2.97. The molecule has 0 unspecified atom stereocenters. The molecule has 0 aliphatic rings. The van der Waals surface area contributed by atoms with E-state index < -0.39 is 11.7 Å². The number of halogens is 3. The Kier molecular flexibility index (Phi) is 3.77. The summed E-state index contributed by atoms with van der Waals surface area (Å²) in [7, 11) is 0. The normalized spacial score (nSPS) is 11.6. The van der Waals surface area contributed by atoms with Gasteiger partial charge in [0.1, 0.15) is 5.82 Å². The molecule has 4 nitrogen and oxygen atoms in total. The van der Waals surface area contributed by atoms with E-state index in [4.69, 9.17) is 5.73 Å². The van der Waals surface area contributed by atoms with Gasteiger partial charge >= 0.3 is 6.18 Å². The Morgan fingerprint density at radius 3 is 2.39 bits per heavy atom. The van der Waals surface area contributed by atoms with Crippen molar-refractivity contribution >= 4 is 5.69 Å². The average molecular weight is 318 g/mol. The molecule has 3 N–H and O–H groups in total. The fourth-order valence-corrected chi connectivity index (χ4v) is 2.25. The molecule has 3 rings (SSSR count). The summed E-state index contributed by atoms with van der Waals surface area (Å²) in [6.07, 6.45) is -4.02. The Morgan fingerprint density at radius 2 is 1.70 bits per heavy atom. The van der Waals surface area contributed by atoms with Gasteiger partial charge in [-0.15, -0.1) is 0 Å². The second kappa shape index (κ2) is 5.75. The van der Waals surface area contributed by atoms with Crippen LogP contribution in [0.3, 0.4) is 0 Å². The lowest BCUT2D eigenvalue weighted by Crippen LogP contribution is -2.07. The first-order valence-electron chi connectivity index (χ1n) is 6.86. The van der Waals surface area contributed by atoms with Gasteiger partial charge in [-0.1, -0.05) is 30.3 Å². The SMILES string of the molecule is Nc1ccc(Cc2nc(-c3ccccc3C(F)(F)F)n[nH]2)cc1. The fraction of sp³-hybridized carbons (Fsp3) is 0.125. The number of aromatic amines is 1. The van der Waals surface area contributed by atoms with Crippen LogP contribution in [0, 0.1) is 0 Å². The molecule has 7 heteroatoms. The molecule has 1 aromatic heterocycles. The highest BCUT2D eigenvalue weighted by Gasteiger charge is 2.34. The number of nitrogen functional groups attached to an aromatic ring is 1. The van der Waals surface area contributed by atoms with Crippen molar-refractivity contribution in [2.45, 2.75) is 12.6 Å². The third-order valence-corrected chi connectivity index (χ3v) is 3.36. The second-order valence-corrected chi connectivity index (χ2v) is 5.07. The van der Waals surface area contributed by atoms with Crippen molar-refractivity contribution in [1.29, 1.82) is 0 Å². The number of hydrogen-bond donors (Lipinski definition) is 2. The maximum absolute atomic E-state index is 13.0. The van der Waals surface area contributed by atoms with E-state index in [1.54, 1.807) is 12.1 Å². The van der Waals surface area contributed by atoms with E-state index in [1.165, 1.54) is 18.2 Å². The number of nitrogens with two attached hydrogens (primary N) is 1. The van der Waals surface area contributed by atoms with Gasteiger partial charge in [0.05, 0.1) is 5.56 Å². The molecule has 0 fully saturated rings. The Bertz CT molecular complexity index is 807. The maximum Gasteiger partial charge on any atom is 0.417 e. The summed E-state index contributed by atoms with van der Waals surface area (Å²) in [5.74, 6) is 0.519. The van der Waals surface area contributed by atoms with Gasteiger partial charge in [-0.2, -0.15) is 18.3 Å². The van der Waals surface area contributed by atoms with Gasteiger partial charge < -0.3 is 5.73 Å². The molecule has 0 saturated heterocycles. The number of anilines is 1. The zero-order valence-corrected chi connectivity index (χ0v) is 11.9. The molecule has 0 atom stereocenters. The van der Waals surface area contributed by atoms with Gasteiger partial charge in [0.2, 0.25) is 0 Å². The first kappa shape index (κ1) is 15.1. The van der Waals surface area contributed by atoms with Gasteiger partial charge in [-0.05, 0) is 23.8 Å². The second-order valence-electron chi connectivity index (χ2n) is 5.07. The molecule has 0 amide bonds. The summed E-state index contributed by atoms with van der Waals surface area (Å²) < 4.78 is 39.1. The molecule has 23 heavy (non-hydrogen) atoms.